The second-order valence-electron chi connectivity index (χ2n) is 3.25. The van der Waals surface area contributed by atoms with E-state index in [1.54, 1.807) is 6.07 Å². The zero-order valence-electron chi connectivity index (χ0n) is 8.11. The van der Waals surface area contributed by atoms with Gasteiger partial charge in [-0.15, -0.1) is 10.0 Å². The van der Waals surface area contributed by atoms with E-state index in [1.807, 2.05) is 0 Å². The second-order valence-corrected chi connectivity index (χ2v) is 3.25. The fourth-order valence-corrected chi connectivity index (χ4v) is 1.52. The minimum absolute atomic E-state index is 0.0342. The molecular weight excluding hydrogens is 214 g/mol. The van der Waals surface area contributed by atoms with Gasteiger partial charge in [0.15, 0.2) is 6.23 Å². The third-order valence-corrected chi connectivity index (χ3v) is 2.27. The van der Waals surface area contributed by atoms with Crippen LogP contribution in [0.4, 0.5) is 0 Å². The van der Waals surface area contributed by atoms with Crippen molar-refractivity contribution < 1.29 is 9.53 Å². The molecule has 1 aliphatic heterocycles. The fourth-order valence-electron chi connectivity index (χ4n) is 1.52. The van der Waals surface area contributed by atoms with E-state index in [2.05, 4.69) is 15.3 Å². The summed E-state index contributed by atoms with van der Waals surface area (Å²) in [5.74, 6) is -0.782. The first-order chi connectivity index (χ1) is 7.74. The molecule has 0 spiro atoms. The van der Waals surface area contributed by atoms with E-state index in [0.717, 1.165) is 0 Å². The lowest BCUT2D eigenvalue weighted by atomic mass is 10.2. The molecule has 2 unspecified atom stereocenters. The highest BCUT2D eigenvalue weighted by Gasteiger charge is 2.32. The van der Waals surface area contributed by atoms with Gasteiger partial charge in [0.25, 0.3) is 5.82 Å². The van der Waals surface area contributed by atoms with Crippen LogP contribution in [0.3, 0.4) is 0 Å². The summed E-state index contributed by atoms with van der Waals surface area (Å²) in [5, 5.41) is 14.7. The average molecular weight is 221 g/mol. The van der Waals surface area contributed by atoms with Gasteiger partial charge in [-0.2, -0.15) is 5.26 Å². The van der Waals surface area contributed by atoms with Crippen LogP contribution < -0.4 is 0 Å². The zero-order valence-corrected chi connectivity index (χ0v) is 8.11. The van der Waals surface area contributed by atoms with Crippen molar-refractivity contribution >= 4 is 5.91 Å². The molecule has 1 aromatic heterocycles. The van der Waals surface area contributed by atoms with Gasteiger partial charge in [-0.1, -0.05) is 0 Å². The number of ether oxygens (including phenoxy) is 1. The van der Waals surface area contributed by atoms with Gasteiger partial charge < -0.3 is 4.74 Å². The number of nitriles is 1. The monoisotopic (exact) mass is 221 g/mol. The highest BCUT2D eigenvalue weighted by atomic mass is 16.5. The zero-order chi connectivity index (χ0) is 11.5. The molecule has 2 atom stereocenters. The Kier molecular flexibility index (Phi) is 2.70. The summed E-state index contributed by atoms with van der Waals surface area (Å²) in [6.45, 7) is 0. The van der Waals surface area contributed by atoms with Crippen molar-refractivity contribution in [2.75, 3.05) is 0 Å². The fraction of sp³-hybridized carbons (Fsp3) is 0.500. The Hall–Kier alpha value is -2.14. The van der Waals surface area contributed by atoms with Crippen LogP contribution in [0, 0.1) is 16.2 Å². The summed E-state index contributed by atoms with van der Waals surface area (Å²) in [7, 11) is 0. The number of nitroso groups, excluding NO2 is 1. The van der Waals surface area contributed by atoms with E-state index in [-0.39, 0.29) is 5.82 Å². The molecule has 0 N–H and O–H groups in total. The molecule has 8 heteroatoms. The standard InChI is InChI=1S/C8H7N5O3/c9-3-6-10-4-13(11-6)7-2-1-5(16-7)8(14)12-15/h4-5,7H,1-2H2. The van der Waals surface area contributed by atoms with Crippen molar-refractivity contribution in [3.05, 3.63) is 17.1 Å². The van der Waals surface area contributed by atoms with Crippen LogP contribution in [0.5, 0.6) is 0 Å². The van der Waals surface area contributed by atoms with Crippen LogP contribution in [-0.4, -0.2) is 26.8 Å². The first-order valence-corrected chi connectivity index (χ1v) is 4.58. The van der Waals surface area contributed by atoms with Gasteiger partial charge in [0.05, 0.1) is 0 Å². The van der Waals surface area contributed by atoms with Gasteiger partial charge in [-0.25, -0.2) is 9.67 Å². The molecule has 0 bridgehead atoms. The Balaban J connectivity index is 2.06. The minimum atomic E-state index is -0.817. The molecule has 0 aromatic carbocycles. The molecule has 1 aromatic rings. The number of nitrogens with zero attached hydrogens (tertiary/aromatic N) is 5. The molecule has 0 saturated carbocycles. The van der Waals surface area contributed by atoms with Crippen LogP contribution in [0.25, 0.3) is 0 Å². The van der Waals surface area contributed by atoms with Crippen LogP contribution in [-0.2, 0) is 9.53 Å². The highest BCUT2D eigenvalue weighted by Crippen LogP contribution is 2.27. The van der Waals surface area contributed by atoms with E-state index in [1.165, 1.54) is 11.0 Å². The van der Waals surface area contributed by atoms with Gasteiger partial charge in [-0.3, -0.25) is 4.79 Å². The lowest BCUT2D eigenvalue weighted by Crippen LogP contribution is -2.18. The number of carbonyl (C=O) groups is 1. The number of amides is 1. The molecule has 82 valence electrons. The van der Waals surface area contributed by atoms with E-state index in [4.69, 9.17) is 10.00 Å². The Morgan fingerprint density at radius 2 is 2.50 bits per heavy atom. The summed E-state index contributed by atoms with van der Waals surface area (Å²) in [6.07, 6.45) is 1.02. The quantitative estimate of drug-likeness (QED) is 0.656. The summed E-state index contributed by atoms with van der Waals surface area (Å²) in [4.78, 5) is 24.7. The SMILES string of the molecule is N#Cc1ncn(C2CCC(C(=O)N=O)O2)n1. The van der Waals surface area contributed by atoms with Crippen LogP contribution in [0.2, 0.25) is 0 Å². The Labute approximate surface area is 89.8 Å². The van der Waals surface area contributed by atoms with E-state index in [9.17, 15) is 9.70 Å². The third kappa shape index (κ3) is 1.80. The van der Waals surface area contributed by atoms with Crippen molar-refractivity contribution in [3.63, 3.8) is 0 Å². The van der Waals surface area contributed by atoms with Crippen molar-refractivity contribution in [1.82, 2.24) is 14.8 Å². The average Bonchev–Trinajstić information content (AvgIpc) is 2.95. The van der Waals surface area contributed by atoms with Crippen LogP contribution in [0.15, 0.2) is 11.5 Å². The Bertz CT molecular complexity index is 462. The van der Waals surface area contributed by atoms with Gasteiger partial charge in [0, 0.05) is 5.18 Å². The van der Waals surface area contributed by atoms with Crippen molar-refractivity contribution in [2.24, 2.45) is 5.18 Å². The minimum Gasteiger partial charge on any atom is -0.343 e. The third-order valence-electron chi connectivity index (χ3n) is 2.27. The summed E-state index contributed by atoms with van der Waals surface area (Å²) < 4.78 is 6.62. The lowest BCUT2D eigenvalue weighted by Gasteiger charge is -2.09. The molecule has 2 rings (SSSR count). The first-order valence-electron chi connectivity index (χ1n) is 4.58. The summed E-state index contributed by atoms with van der Waals surface area (Å²) in [5.41, 5.74) is 0. The number of aromatic nitrogens is 3. The maximum atomic E-state index is 11.0. The maximum absolute atomic E-state index is 11.0. The van der Waals surface area contributed by atoms with E-state index >= 15 is 0 Å². The van der Waals surface area contributed by atoms with Crippen LogP contribution >= 0.6 is 0 Å². The van der Waals surface area contributed by atoms with Crippen molar-refractivity contribution in [3.8, 4) is 6.07 Å². The molecule has 1 fully saturated rings. The Morgan fingerprint density at radius 3 is 3.12 bits per heavy atom. The number of carbonyl (C=O) groups excluding carboxylic acids is 1. The molecule has 16 heavy (non-hydrogen) atoms. The van der Waals surface area contributed by atoms with Crippen molar-refractivity contribution in [2.45, 2.75) is 25.2 Å². The normalized spacial score (nSPS) is 23.9. The van der Waals surface area contributed by atoms with Crippen molar-refractivity contribution in [1.29, 1.82) is 5.26 Å². The van der Waals surface area contributed by atoms with Gasteiger partial charge >= 0.3 is 5.91 Å². The maximum Gasteiger partial charge on any atom is 0.314 e. The number of rotatable bonds is 2. The van der Waals surface area contributed by atoms with Gasteiger partial charge in [0.1, 0.15) is 18.5 Å². The number of hydrogen-bond acceptors (Lipinski definition) is 6. The summed E-state index contributed by atoms with van der Waals surface area (Å²) in [6, 6.07) is 1.78. The molecule has 2 heterocycles. The van der Waals surface area contributed by atoms with Crippen LogP contribution in [0.1, 0.15) is 24.9 Å². The number of hydrogen-bond donors (Lipinski definition) is 0. The van der Waals surface area contributed by atoms with E-state index in [0.29, 0.717) is 12.8 Å². The second kappa shape index (κ2) is 4.16. The molecule has 1 saturated heterocycles. The molecule has 1 amide bonds. The molecule has 0 aliphatic carbocycles. The molecular formula is C8H7N5O3. The lowest BCUT2D eigenvalue weighted by molar-refractivity contribution is -0.130. The first kappa shape index (κ1) is 10.4. The smallest absolute Gasteiger partial charge is 0.314 e. The van der Waals surface area contributed by atoms with E-state index < -0.39 is 18.2 Å². The summed E-state index contributed by atoms with van der Waals surface area (Å²) >= 11 is 0. The molecule has 8 nitrogen and oxygen atoms in total. The largest absolute Gasteiger partial charge is 0.343 e. The van der Waals surface area contributed by atoms with Gasteiger partial charge in [-0.05, 0) is 12.8 Å². The molecule has 1 aliphatic rings. The highest BCUT2D eigenvalue weighted by molar-refractivity contribution is 5.81. The van der Waals surface area contributed by atoms with Gasteiger partial charge in [0.2, 0.25) is 0 Å². The topological polar surface area (TPSA) is 110 Å². The molecule has 0 radical (unpaired) electrons. The predicted octanol–water partition coefficient (Wildman–Crippen LogP) is 0.120. The predicted molar refractivity (Wildman–Crippen MR) is 48.7 cm³/mol. The Morgan fingerprint density at radius 1 is 1.69 bits per heavy atom.